The SMILES string of the molecule is CCCCN(C(C)CC)S(=O)(=O)c1ccc(C)c(N)c1. The zero-order valence-electron chi connectivity index (χ0n) is 12.9. The molecule has 0 aliphatic carbocycles. The predicted molar refractivity (Wildman–Crippen MR) is 84.1 cm³/mol. The van der Waals surface area contributed by atoms with Crippen molar-refractivity contribution in [3.63, 3.8) is 0 Å². The van der Waals surface area contributed by atoms with Crippen LogP contribution < -0.4 is 5.73 Å². The Balaban J connectivity index is 3.17. The summed E-state index contributed by atoms with van der Waals surface area (Å²) >= 11 is 0. The molecule has 0 saturated heterocycles. The minimum absolute atomic E-state index is 0.00548. The molecule has 0 aliphatic rings. The van der Waals surface area contributed by atoms with Gasteiger partial charge < -0.3 is 5.73 Å². The molecule has 114 valence electrons. The lowest BCUT2D eigenvalue weighted by molar-refractivity contribution is 0.324. The highest BCUT2D eigenvalue weighted by atomic mass is 32.2. The molecule has 1 unspecified atom stereocenters. The summed E-state index contributed by atoms with van der Waals surface area (Å²) in [4.78, 5) is 0.289. The van der Waals surface area contributed by atoms with E-state index < -0.39 is 10.0 Å². The van der Waals surface area contributed by atoms with Gasteiger partial charge >= 0.3 is 0 Å². The van der Waals surface area contributed by atoms with Gasteiger partial charge in [-0.25, -0.2) is 8.42 Å². The molecule has 1 aromatic carbocycles. The van der Waals surface area contributed by atoms with E-state index in [2.05, 4.69) is 6.92 Å². The molecule has 0 saturated carbocycles. The average molecular weight is 298 g/mol. The Kier molecular flexibility index (Phi) is 6.02. The Morgan fingerprint density at radius 1 is 1.30 bits per heavy atom. The number of benzene rings is 1. The van der Waals surface area contributed by atoms with Crippen LogP contribution in [0.5, 0.6) is 0 Å². The molecule has 0 aliphatic heterocycles. The van der Waals surface area contributed by atoms with E-state index in [1.807, 2.05) is 20.8 Å². The van der Waals surface area contributed by atoms with Crippen molar-refractivity contribution in [2.24, 2.45) is 0 Å². The standard InChI is InChI=1S/C15H26N2O2S/c1-5-7-10-17(13(4)6-2)20(18,19)14-9-8-12(3)15(16)11-14/h8-9,11,13H,5-7,10,16H2,1-4H3. The van der Waals surface area contributed by atoms with Gasteiger partial charge in [-0.2, -0.15) is 4.31 Å². The second kappa shape index (κ2) is 7.09. The molecule has 0 heterocycles. The molecule has 0 radical (unpaired) electrons. The van der Waals surface area contributed by atoms with Crippen LogP contribution in [0.25, 0.3) is 0 Å². The highest BCUT2D eigenvalue weighted by Gasteiger charge is 2.27. The Labute approximate surface area is 123 Å². The van der Waals surface area contributed by atoms with E-state index in [1.54, 1.807) is 22.5 Å². The molecule has 5 heteroatoms. The third-order valence-electron chi connectivity index (χ3n) is 3.67. The van der Waals surface area contributed by atoms with Crippen molar-refractivity contribution in [3.05, 3.63) is 23.8 Å². The molecular formula is C15H26N2O2S. The van der Waals surface area contributed by atoms with Gasteiger partial charge in [0, 0.05) is 18.3 Å². The van der Waals surface area contributed by atoms with Crippen LogP contribution in [0.2, 0.25) is 0 Å². The topological polar surface area (TPSA) is 63.4 Å². The Morgan fingerprint density at radius 2 is 1.95 bits per heavy atom. The zero-order chi connectivity index (χ0) is 15.3. The van der Waals surface area contributed by atoms with Crippen LogP contribution in [-0.4, -0.2) is 25.3 Å². The minimum atomic E-state index is -3.47. The predicted octanol–water partition coefficient (Wildman–Crippen LogP) is 3.17. The van der Waals surface area contributed by atoms with Crippen molar-refractivity contribution in [1.29, 1.82) is 0 Å². The first-order valence-electron chi connectivity index (χ1n) is 7.22. The summed E-state index contributed by atoms with van der Waals surface area (Å²) in [7, 11) is -3.47. The van der Waals surface area contributed by atoms with Gasteiger partial charge in [0.15, 0.2) is 0 Å². The first-order chi connectivity index (χ1) is 9.34. The van der Waals surface area contributed by atoms with E-state index >= 15 is 0 Å². The highest BCUT2D eigenvalue weighted by molar-refractivity contribution is 7.89. The van der Waals surface area contributed by atoms with Crippen LogP contribution in [0.15, 0.2) is 23.1 Å². The lowest BCUT2D eigenvalue weighted by atomic mass is 10.2. The number of hydrogen-bond acceptors (Lipinski definition) is 3. The summed E-state index contributed by atoms with van der Waals surface area (Å²) in [5, 5.41) is 0. The normalized spacial score (nSPS) is 13.7. The number of nitrogen functional groups attached to an aromatic ring is 1. The molecule has 0 spiro atoms. The van der Waals surface area contributed by atoms with E-state index in [9.17, 15) is 8.42 Å². The maximum Gasteiger partial charge on any atom is 0.243 e. The van der Waals surface area contributed by atoms with Gasteiger partial charge in [-0.3, -0.25) is 0 Å². The second-order valence-corrected chi connectivity index (χ2v) is 7.14. The van der Waals surface area contributed by atoms with Crippen LogP contribution in [-0.2, 0) is 10.0 Å². The summed E-state index contributed by atoms with van der Waals surface area (Å²) in [6.07, 6.45) is 2.63. The van der Waals surface area contributed by atoms with Gasteiger partial charge in [0.1, 0.15) is 0 Å². The highest BCUT2D eigenvalue weighted by Crippen LogP contribution is 2.23. The maximum atomic E-state index is 12.8. The van der Waals surface area contributed by atoms with Crippen molar-refractivity contribution in [3.8, 4) is 0 Å². The molecule has 0 aromatic heterocycles. The third-order valence-corrected chi connectivity index (χ3v) is 5.68. The molecule has 4 nitrogen and oxygen atoms in total. The smallest absolute Gasteiger partial charge is 0.243 e. The van der Waals surface area contributed by atoms with Crippen molar-refractivity contribution >= 4 is 15.7 Å². The maximum absolute atomic E-state index is 12.8. The molecular weight excluding hydrogens is 272 g/mol. The molecule has 2 N–H and O–H groups in total. The number of anilines is 1. The molecule has 0 amide bonds. The lowest BCUT2D eigenvalue weighted by Crippen LogP contribution is -2.39. The zero-order valence-corrected chi connectivity index (χ0v) is 13.7. The van der Waals surface area contributed by atoms with E-state index in [1.165, 1.54) is 0 Å². The Hall–Kier alpha value is -1.07. The number of aryl methyl sites for hydroxylation is 1. The van der Waals surface area contributed by atoms with E-state index in [-0.39, 0.29) is 10.9 Å². The van der Waals surface area contributed by atoms with Gasteiger partial charge in [0.25, 0.3) is 0 Å². The van der Waals surface area contributed by atoms with E-state index in [0.717, 1.165) is 24.8 Å². The summed E-state index contributed by atoms with van der Waals surface area (Å²) in [5.41, 5.74) is 7.26. The molecule has 20 heavy (non-hydrogen) atoms. The Bertz CT molecular complexity index is 541. The number of nitrogens with zero attached hydrogens (tertiary/aromatic N) is 1. The minimum Gasteiger partial charge on any atom is -0.398 e. The van der Waals surface area contributed by atoms with Crippen molar-refractivity contribution in [2.45, 2.75) is 57.9 Å². The second-order valence-electron chi connectivity index (χ2n) is 5.24. The molecule has 1 atom stereocenters. The lowest BCUT2D eigenvalue weighted by Gasteiger charge is -2.27. The molecule has 1 rings (SSSR count). The van der Waals surface area contributed by atoms with Gasteiger partial charge in [-0.05, 0) is 44.4 Å². The number of sulfonamides is 1. The van der Waals surface area contributed by atoms with Crippen LogP contribution >= 0.6 is 0 Å². The number of hydrogen-bond donors (Lipinski definition) is 1. The van der Waals surface area contributed by atoms with Crippen LogP contribution in [0.3, 0.4) is 0 Å². The monoisotopic (exact) mass is 298 g/mol. The van der Waals surface area contributed by atoms with Gasteiger partial charge in [0.05, 0.1) is 4.90 Å². The summed E-state index contributed by atoms with van der Waals surface area (Å²) in [5.74, 6) is 0. The average Bonchev–Trinajstić information content (AvgIpc) is 2.41. The number of nitrogens with two attached hydrogens (primary N) is 1. The fourth-order valence-corrected chi connectivity index (χ4v) is 3.79. The van der Waals surface area contributed by atoms with Crippen LogP contribution in [0.1, 0.15) is 45.6 Å². The van der Waals surface area contributed by atoms with Gasteiger partial charge in [0.2, 0.25) is 10.0 Å². The largest absolute Gasteiger partial charge is 0.398 e. The van der Waals surface area contributed by atoms with Crippen molar-refractivity contribution in [1.82, 2.24) is 4.31 Å². The van der Waals surface area contributed by atoms with E-state index in [0.29, 0.717) is 12.2 Å². The number of unbranched alkanes of at least 4 members (excludes halogenated alkanes) is 1. The van der Waals surface area contributed by atoms with Gasteiger partial charge in [-0.1, -0.05) is 26.3 Å². The first-order valence-corrected chi connectivity index (χ1v) is 8.66. The van der Waals surface area contributed by atoms with Crippen molar-refractivity contribution < 1.29 is 8.42 Å². The molecule has 0 fully saturated rings. The Morgan fingerprint density at radius 3 is 2.45 bits per heavy atom. The fraction of sp³-hybridized carbons (Fsp3) is 0.600. The third kappa shape index (κ3) is 3.73. The molecule has 1 aromatic rings. The fourth-order valence-electron chi connectivity index (χ4n) is 2.01. The van der Waals surface area contributed by atoms with Crippen LogP contribution in [0, 0.1) is 6.92 Å². The van der Waals surface area contributed by atoms with Crippen molar-refractivity contribution in [2.75, 3.05) is 12.3 Å². The first kappa shape index (κ1) is 17.0. The summed E-state index contributed by atoms with van der Waals surface area (Å²) in [6.45, 7) is 8.44. The van der Waals surface area contributed by atoms with Crippen LogP contribution in [0.4, 0.5) is 5.69 Å². The number of rotatable bonds is 7. The summed E-state index contributed by atoms with van der Waals surface area (Å²) in [6, 6.07) is 4.96. The quantitative estimate of drug-likeness (QED) is 0.786. The van der Waals surface area contributed by atoms with E-state index in [4.69, 9.17) is 5.73 Å². The molecule has 0 bridgehead atoms. The summed E-state index contributed by atoms with van der Waals surface area (Å²) < 4.78 is 27.1. The van der Waals surface area contributed by atoms with Gasteiger partial charge in [-0.15, -0.1) is 0 Å².